The summed E-state index contributed by atoms with van der Waals surface area (Å²) in [7, 11) is 0. The lowest BCUT2D eigenvalue weighted by molar-refractivity contribution is -0.181. The fourth-order valence-corrected chi connectivity index (χ4v) is 7.99. The molecule has 0 aliphatic heterocycles. The minimum Gasteiger partial charge on any atom is -0.481 e. The Hall–Kier alpha value is -1.06. The second kappa shape index (κ2) is 4.98. The molecule has 4 rings (SSSR count). The van der Waals surface area contributed by atoms with Crippen molar-refractivity contribution in [2.75, 3.05) is 0 Å². The van der Waals surface area contributed by atoms with E-state index in [1.165, 1.54) is 0 Å². The molecule has 2 N–H and O–H groups in total. The predicted octanol–water partition coefficient (Wildman–Crippen LogP) is 4.18. The van der Waals surface area contributed by atoms with Crippen molar-refractivity contribution in [1.82, 2.24) is 0 Å². The van der Waals surface area contributed by atoms with Gasteiger partial charge >= 0.3 is 11.9 Å². The third-order valence-corrected chi connectivity index (χ3v) is 8.94. The molecule has 4 aliphatic carbocycles. The van der Waals surface area contributed by atoms with Gasteiger partial charge in [-0.25, -0.2) is 0 Å². The Balaban J connectivity index is 1.71. The smallest absolute Gasteiger partial charge is 0.309 e. The first-order valence-electron chi connectivity index (χ1n) is 9.69. The second-order valence-corrected chi connectivity index (χ2v) is 9.78. The molecule has 4 nitrogen and oxygen atoms in total. The van der Waals surface area contributed by atoms with E-state index in [4.69, 9.17) is 0 Å². The molecule has 4 fully saturated rings. The number of fused-ring (bicyclic) bond motifs is 3. The zero-order valence-electron chi connectivity index (χ0n) is 14.9. The van der Waals surface area contributed by atoms with Gasteiger partial charge < -0.3 is 10.2 Å². The maximum atomic E-state index is 12.1. The zero-order valence-corrected chi connectivity index (χ0v) is 14.9. The summed E-state index contributed by atoms with van der Waals surface area (Å²) in [5.74, 6) is -0.282. The molecule has 0 aromatic heterocycles. The van der Waals surface area contributed by atoms with E-state index in [9.17, 15) is 19.8 Å². The lowest BCUT2D eigenvalue weighted by atomic mass is 9.41. The summed E-state index contributed by atoms with van der Waals surface area (Å²) < 4.78 is 0. The maximum Gasteiger partial charge on any atom is 0.309 e. The Morgan fingerprint density at radius 1 is 0.917 bits per heavy atom. The number of carboxylic acid groups (broad SMARTS) is 2. The standard InChI is InChI=1S/C20H30O4/c1-18-7-3-8-19(2,17(23)24)14(18)6-9-20-10-12(4-5-15(18)20)13(11-20)16(21)22/h12-15H,3-11H2,1-2H3,(H,21,22)(H,23,24)/t12-,13-,14+,15-,18-,19-,20+/m1/s1. The summed E-state index contributed by atoms with van der Waals surface area (Å²) in [6.45, 7) is 4.31. The van der Waals surface area contributed by atoms with E-state index < -0.39 is 17.4 Å². The van der Waals surface area contributed by atoms with Crippen molar-refractivity contribution in [1.29, 1.82) is 0 Å². The van der Waals surface area contributed by atoms with E-state index in [2.05, 4.69) is 6.92 Å². The van der Waals surface area contributed by atoms with Gasteiger partial charge in [0.25, 0.3) is 0 Å². The molecule has 0 aromatic rings. The number of aliphatic carboxylic acids is 2. The van der Waals surface area contributed by atoms with Gasteiger partial charge in [0.15, 0.2) is 0 Å². The largest absolute Gasteiger partial charge is 0.481 e. The Morgan fingerprint density at radius 3 is 2.33 bits per heavy atom. The predicted molar refractivity (Wildman–Crippen MR) is 89.4 cm³/mol. The first-order valence-corrected chi connectivity index (χ1v) is 9.69. The molecular weight excluding hydrogens is 304 g/mol. The summed E-state index contributed by atoms with van der Waals surface area (Å²) in [6.07, 6.45) is 8.96. The van der Waals surface area contributed by atoms with E-state index in [1.807, 2.05) is 6.92 Å². The Kier molecular flexibility index (Phi) is 3.41. The quantitative estimate of drug-likeness (QED) is 0.794. The SMILES string of the molecule is C[C@@]12CCC[C@@](C)(C(=O)O)[C@H]1CC[C@@]13C[C@@H](CC[C@@H]12)[C@H](C(=O)O)C3. The fraction of sp³-hybridized carbons (Fsp3) is 0.900. The molecule has 1 spiro atoms. The number of hydrogen-bond donors (Lipinski definition) is 2. The van der Waals surface area contributed by atoms with Crippen LogP contribution in [0.1, 0.15) is 71.6 Å². The van der Waals surface area contributed by atoms with E-state index in [0.717, 1.165) is 57.8 Å². The average Bonchev–Trinajstić information content (AvgIpc) is 2.78. The van der Waals surface area contributed by atoms with Crippen LogP contribution in [0, 0.1) is 39.9 Å². The van der Waals surface area contributed by atoms with Crippen LogP contribution >= 0.6 is 0 Å². The molecule has 24 heavy (non-hydrogen) atoms. The van der Waals surface area contributed by atoms with Crippen molar-refractivity contribution in [3.8, 4) is 0 Å². The molecule has 0 unspecified atom stereocenters. The molecule has 0 amide bonds. The maximum absolute atomic E-state index is 12.1. The van der Waals surface area contributed by atoms with Gasteiger partial charge in [-0.05, 0) is 86.9 Å². The van der Waals surface area contributed by atoms with Gasteiger partial charge in [-0.15, -0.1) is 0 Å². The van der Waals surface area contributed by atoms with Crippen molar-refractivity contribution in [2.24, 2.45) is 39.9 Å². The van der Waals surface area contributed by atoms with Crippen LogP contribution in [-0.2, 0) is 9.59 Å². The average molecular weight is 334 g/mol. The second-order valence-electron chi connectivity index (χ2n) is 9.78. The third-order valence-electron chi connectivity index (χ3n) is 8.94. The molecule has 4 aliphatic rings. The summed E-state index contributed by atoms with van der Waals surface area (Å²) in [5.41, 5.74) is -0.355. The fourth-order valence-electron chi connectivity index (χ4n) is 7.99. The molecule has 2 bridgehead atoms. The highest BCUT2D eigenvalue weighted by Gasteiger charge is 2.66. The van der Waals surface area contributed by atoms with Gasteiger partial charge in [-0.3, -0.25) is 9.59 Å². The van der Waals surface area contributed by atoms with Gasteiger partial charge in [0.1, 0.15) is 0 Å². The van der Waals surface area contributed by atoms with Crippen LogP contribution in [0.4, 0.5) is 0 Å². The molecule has 0 saturated heterocycles. The van der Waals surface area contributed by atoms with Crippen molar-refractivity contribution in [3.05, 3.63) is 0 Å². The van der Waals surface area contributed by atoms with Crippen molar-refractivity contribution in [2.45, 2.75) is 71.6 Å². The minimum atomic E-state index is -0.627. The Morgan fingerprint density at radius 2 is 1.67 bits per heavy atom. The van der Waals surface area contributed by atoms with Gasteiger partial charge in [-0.1, -0.05) is 13.3 Å². The molecule has 4 heteroatoms. The molecule has 0 aromatic carbocycles. The van der Waals surface area contributed by atoms with Crippen LogP contribution in [0.15, 0.2) is 0 Å². The van der Waals surface area contributed by atoms with Crippen LogP contribution in [0.5, 0.6) is 0 Å². The Bertz CT molecular complexity index is 586. The van der Waals surface area contributed by atoms with E-state index >= 15 is 0 Å². The molecular formula is C20H30O4. The first kappa shape index (κ1) is 16.4. The lowest BCUT2D eigenvalue weighted by Gasteiger charge is -2.63. The third kappa shape index (κ3) is 1.91. The van der Waals surface area contributed by atoms with Crippen molar-refractivity contribution >= 4 is 11.9 Å². The van der Waals surface area contributed by atoms with Crippen molar-refractivity contribution in [3.63, 3.8) is 0 Å². The molecule has 0 radical (unpaired) electrons. The molecule has 7 atom stereocenters. The Labute approximate surface area is 144 Å². The van der Waals surface area contributed by atoms with Crippen LogP contribution in [0.25, 0.3) is 0 Å². The van der Waals surface area contributed by atoms with Crippen LogP contribution < -0.4 is 0 Å². The van der Waals surface area contributed by atoms with Crippen molar-refractivity contribution < 1.29 is 19.8 Å². The summed E-state index contributed by atoms with van der Waals surface area (Å²) in [4.78, 5) is 23.7. The highest BCUT2D eigenvalue weighted by atomic mass is 16.4. The normalized spacial score (nSPS) is 53.1. The number of rotatable bonds is 2. The summed E-state index contributed by atoms with van der Waals surface area (Å²) in [5, 5.41) is 19.5. The van der Waals surface area contributed by atoms with Gasteiger partial charge in [0.2, 0.25) is 0 Å². The number of carboxylic acids is 2. The lowest BCUT2D eigenvalue weighted by Crippen LogP contribution is -2.58. The van der Waals surface area contributed by atoms with Gasteiger partial charge in [-0.2, -0.15) is 0 Å². The minimum absolute atomic E-state index is 0.0714. The molecule has 0 heterocycles. The zero-order chi connectivity index (χ0) is 17.3. The monoisotopic (exact) mass is 334 g/mol. The molecule has 134 valence electrons. The summed E-state index contributed by atoms with van der Waals surface area (Å²) in [6, 6.07) is 0. The van der Waals surface area contributed by atoms with Crippen LogP contribution in [-0.4, -0.2) is 22.2 Å². The highest BCUT2D eigenvalue weighted by molar-refractivity contribution is 5.75. The number of hydrogen-bond acceptors (Lipinski definition) is 2. The van der Waals surface area contributed by atoms with Gasteiger partial charge in [0.05, 0.1) is 11.3 Å². The topological polar surface area (TPSA) is 74.6 Å². The highest BCUT2D eigenvalue weighted by Crippen LogP contribution is 2.72. The van der Waals surface area contributed by atoms with E-state index in [1.54, 1.807) is 0 Å². The van der Waals surface area contributed by atoms with Crippen LogP contribution in [0.2, 0.25) is 0 Å². The van der Waals surface area contributed by atoms with E-state index in [-0.39, 0.29) is 22.7 Å². The van der Waals surface area contributed by atoms with E-state index in [0.29, 0.717) is 11.8 Å². The number of carbonyl (C=O) groups is 2. The first-order chi connectivity index (χ1) is 11.2. The van der Waals surface area contributed by atoms with Gasteiger partial charge in [0, 0.05) is 0 Å². The summed E-state index contributed by atoms with van der Waals surface area (Å²) >= 11 is 0. The van der Waals surface area contributed by atoms with Crippen LogP contribution in [0.3, 0.4) is 0 Å². The molecule has 4 saturated carbocycles.